The highest BCUT2D eigenvalue weighted by molar-refractivity contribution is 7.18. The van der Waals surface area contributed by atoms with Gasteiger partial charge in [0.05, 0.1) is 0 Å². The summed E-state index contributed by atoms with van der Waals surface area (Å²) in [5.74, 6) is 0.686. The molecule has 0 atom stereocenters. The molecule has 0 radical (unpaired) electrons. The summed E-state index contributed by atoms with van der Waals surface area (Å²) in [6.45, 7) is 0. The van der Waals surface area contributed by atoms with Crippen LogP contribution in [-0.2, 0) is 0 Å². The van der Waals surface area contributed by atoms with Crippen LogP contribution in [0.1, 0.15) is 22.5 Å². The number of thiazole rings is 1. The van der Waals surface area contributed by atoms with Crippen molar-refractivity contribution in [1.29, 1.82) is 0 Å². The minimum atomic E-state index is 0.0972. The fourth-order valence-corrected chi connectivity index (χ4v) is 3.72. The van der Waals surface area contributed by atoms with Gasteiger partial charge in [0.1, 0.15) is 16.4 Å². The molecule has 0 saturated heterocycles. The number of hydrogen-bond donors (Lipinski definition) is 2. The summed E-state index contributed by atoms with van der Waals surface area (Å²) in [4.78, 5) is 19.4. The maximum Gasteiger partial charge on any atom is 0.197 e. The molecular weight excluding hydrogens is 334 g/mol. The van der Waals surface area contributed by atoms with E-state index in [-0.39, 0.29) is 23.3 Å². The number of carbonyl (C=O) groups is 1. The Kier molecular flexibility index (Phi) is 3.89. The zero-order chi connectivity index (χ0) is 17.4. The molecule has 0 amide bonds. The molecular formula is C19H17N3O2S. The second-order valence-corrected chi connectivity index (χ2v) is 7.01. The Morgan fingerprint density at radius 2 is 1.72 bits per heavy atom. The van der Waals surface area contributed by atoms with E-state index < -0.39 is 0 Å². The zero-order valence-electron chi connectivity index (χ0n) is 13.4. The highest BCUT2D eigenvalue weighted by atomic mass is 32.1. The largest absolute Gasteiger partial charge is 0.508 e. The van der Waals surface area contributed by atoms with Crippen LogP contribution in [0, 0.1) is 5.92 Å². The summed E-state index contributed by atoms with van der Waals surface area (Å²) < 4.78 is 0. The minimum Gasteiger partial charge on any atom is -0.508 e. The molecule has 3 aromatic rings. The number of aromatic nitrogens is 1. The smallest absolute Gasteiger partial charge is 0.197 e. The van der Waals surface area contributed by atoms with Crippen LogP contribution < -0.4 is 10.6 Å². The molecule has 25 heavy (non-hydrogen) atoms. The number of hydrogen-bond acceptors (Lipinski definition) is 6. The van der Waals surface area contributed by atoms with Gasteiger partial charge in [-0.1, -0.05) is 29.5 Å². The number of anilines is 4. The quantitative estimate of drug-likeness (QED) is 0.662. The van der Waals surface area contributed by atoms with Gasteiger partial charge in [0.2, 0.25) is 0 Å². The number of carbonyl (C=O) groups excluding carboxylic acids is 1. The lowest BCUT2D eigenvalue weighted by Gasteiger charge is -2.22. The summed E-state index contributed by atoms with van der Waals surface area (Å²) in [7, 11) is 0. The first kappa shape index (κ1) is 15.7. The Balaban J connectivity index is 1.79. The third kappa shape index (κ3) is 3.08. The minimum absolute atomic E-state index is 0.0972. The number of para-hydroxylation sites is 1. The van der Waals surface area contributed by atoms with Crippen LogP contribution in [0.2, 0.25) is 0 Å². The molecule has 6 heteroatoms. The van der Waals surface area contributed by atoms with Gasteiger partial charge >= 0.3 is 0 Å². The molecule has 2 aromatic carbocycles. The lowest BCUT2D eigenvalue weighted by molar-refractivity contribution is 0.0972. The van der Waals surface area contributed by atoms with Crippen LogP contribution in [0.5, 0.6) is 5.75 Å². The van der Waals surface area contributed by atoms with Crippen molar-refractivity contribution in [3.63, 3.8) is 0 Å². The van der Waals surface area contributed by atoms with Crippen molar-refractivity contribution in [1.82, 2.24) is 4.98 Å². The van der Waals surface area contributed by atoms with Crippen LogP contribution >= 0.6 is 11.3 Å². The zero-order valence-corrected chi connectivity index (χ0v) is 14.2. The molecule has 3 N–H and O–H groups in total. The second kappa shape index (κ2) is 6.22. The van der Waals surface area contributed by atoms with Crippen LogP contribution in [0.15, 0.2) is 54.6 Å². The summed E-state index contributed by atoms with van der Waals surface area (Å²) in [5.41, 5.74) is 7.78. The molecule has 1 heterocycles. The Hall–Kier alpha value is -2.86. The Bertz CT molecular complexity index is 902. The van der Waals surface area contributed by atoms with Crippen molar-refractivity contribution in [2.75, 3.05) is 10.6 Å². The molecule has 0 aliphatic heterocycles. The first-order valence-corrected chi connectivity index (χ1v) is 8.90. The summed E-state index contributed by atoms with van der Waals surface area (Å²) in [6.07, 6.45) is 1.87. The first-order valence-electron chi connectivity index (χ1n) is 8.08. The summed E-state index contributed by atoms with van der Waals surface area (Å²) in [6, 6.07) is 16.6. The van der Waals surface area contributed by atoms with Gasteiger partial charge in [0.15, 0.2) is 10.9 Å². The molecule has 1 aliphatic carbocycles. The number of aromatic hydroxyl groups is 1. The van der Waals surface area contributed by atoms with Crippen LogP contribution in [0.3, 0.4) is 0 Å². The number of phenolic OH excluding ortho intramolecular Hbond substituents is 1. The standard InChI is InChI=1S/C19H17N3O2S/c20-18-17(16(24)12-6-7-12)25-19(21-18)22(13-4-2-1-3-5-13)14-8-10-15(23)11-9-14/h1-5,8-12,23H,6-7,20H2. The van der Waals surface area contributed by atoms with Crippen molar-refractivity contribution in [3.05, 3.63) is 59.5 Å². The molecule has 1 fully saturated rings. The molecule has 1 aliphatic rings. The van der Waals surface area contributed by atoms with Gasteiger partial charge in [-0.2, -0.15) is 0 Å². The van der Waals surface area contributed by atoms with Gasteiger partial charge in [0, 0.05) is 17.3 Å². The van der Waals surface area contributed by atoms with Crippen LogP contribution in [0.4, 0.5) is 22.3 Å². The van der Waals surface area contributed by atoms with Gasteiger partial charge < -0.3 is 10.8 Å². The average Bonchev–Trinajstić information content (AvgIpc) is 3.40. The van der Waals surface area contributed by atoms with Crippen molar-refractivity contribution >= 4 is 39.4 Å². The lowest BCUT2D eigenvalue weighted by Crippen LogP contribution is -2.09. The van der Waals surface area contributed by atoms with Crippen molar-refractivity contribution in [2.24, 2.45) is 5.92 Å². The van der Waals surface area contributed by atoms with E-state index in [1.165, 1.54) is 11.3 Å². The number of nitrogens with zero attached hydrogens (tertiary/aromatic N) is 2. The van der Waals surface area contributed by atoms with Crippen molar-refractivity contribution < 1.29 is 9.90 Å². The third-order valence-electron chi connectivity index (χ3n) is 4.13. The van der Waals surface area contributed by atoms with E-state index in [1.54, 1.807) is 12.1 Å². The maximum absolute atomic E-state index is 12.4. The fraction of sp³-hybridized carbons (Fsp3) is 0.158. The van der Waals surface area contributed by atoms with Crippen molar-refractivity contribution in [3.8, 4) is 5.75 Å². The van der Waals surface area contributed by atoms with Gasteiger partial charge in [-0.15, -0.1) is 0 Å². The predicted molar refractivity (Wildman–Crippen MR) is 99.9 cm³/mol. The van der Waals surface area contributed by atoms with Crippen molar-refractivity contribution in [2.45, 2.75) is 12.8 Å². The topological polar surface area (TPSA) is 79.4 Å². The van der Waals surface area contributed by atoms with Gasteiger partial charge in [-0.3, -0.25) is 9.69 Å². The predicted octanol–water partition coefficient (Wildman–Crippen LogP) is 4.49. The third-order valence-corrected chi connectivity index (χ3v) is 5.20. The summed E-state index contributed by atoms with van der Waals surface area (Å²) in [5, 5.41) is 10.2. The Morgan fingerprint density at radius 3 is 2.36 bits per heavy atom. The van der Waals surface area contributed by atoms with E-state index in [4.69, 9.17) is 5.73 Å². The second-order valence-electron chi connectivity index (χ2n) is 6.04. The molecule has 1 saturated carbocycles. The number of ketones is 1. The lowest BCUT2D eigenvalue weighted by atomic mass is 10.2. The monoisotopic (exact) mass is 351 g/mol. The molecule has 5 nitrogen and oxygen atoms in total. The van der Waals surface area contributed by atoms with E-state index in [9.17, 15) is 9.90 Å². The number of phenols is 1. The molecule has 1 aromatic heterocycles. The van der Waals surface area contributed by atoms with Gasteiger partial charge in [-0.25, -0.2) is 4.98 Å². The normalized spacial score (nSPS) is 13.6. The highest BCUT2D eigenvalue weighted by Crippen LogP contribution is 2.42. The number of rotatable bonds is 5. The number of nitrogens with two attached hydrogens (primary N) is 1. The van der Waals surface area contributed by atoms with E-state index in [2.05, 4.69) is 4.98 Å². The average molecular weight is 351 g/mol. The van der Waals surface area contributed by atoms with Crippen LogP contribution in [0.25, 0.3) is 0 Å². The first-order chi connectivity index (χ1) is 12.1. The molecule has 0 unspecified atom stereocenters. The highest BCUT2D eigenvalue weighted by Gasteiger charge is 2.34. The van der Waals surface area contributed by atoms with E-state index in [1.807, 2.05) is 47.4 Å². The van der Waals surface area contributed by atoms with E-state index in [0.29, 0.717) is 10.0 Å². The fourth-order valence-electron chi connectivity index (χ4n) is 2.67. The van der Waals surface area contributed by atoms with E-state index >= 15 is 0 Å². The molecule has 0 spiro atoms. The van der Waals surface area contributed by atoms with Gasteiger partial charge in [0.25, 0.3) is 0 Å². The molecule has 126 valence electrons. The Labute approximate surface area is 149 Å². The number of Topliss-reactive ketones (excluding diaryl/α,β-unsaturated/α-hetero) is 1. The van der Waals surface area contributed by atoms with Crippen LogP contribution in [-0.4, -0.2) is 15.9 Å². The maximum atomic E-state index is 12.4. The number of nitrogen functional groups attached to an aromatic ring is 1. The summed E-state index contributed by atoms with van der Waals surface area (Å²) >= 11 is 1.32. The molecule has 4 rings (SSSR count). The van der Waals surface area contributed by atoms with Gasteiger partial charge in [-0.05, 0) is 49.2 Å². The molecule has 0 bridgehead atoms. The van der Waals surface area contributed by atoms with E-state index in [0.717, 1.165) is 24.2 Å². The SMILES string of the molecule is Nc1nc(N(c2ccccc2)c2ccc(O)cc2)sc1C(=O)C1CC1. The Morgan fingerprint density at radius 1 is 1.08 bits per heavy atom. The number of benzene rings is 2.